The van der Waals surface area contributed by atoms with Gasteiger partial charge >= 0.3 is 39.5 Å². The highest BCUT2D eigenvalue weighted by molar-refractivity contribution is 7.47. The summed E-state index contributed by atoms with van der Waals surface area (Å²) in [7, 11) is -9.93. The van der Waals surface area contributed by atoms with Gasteiger partial charge in [-0.1, -0.05) is 389 Å². The number of aliphatic hydroxyl groups excluding tert-OH is 1. The molecule has 0 heterocycles. The van der Waals surface area contributed by atoms with Gasteiger partial charge in [0, 0.05) is 25.7 Å². The fourth-order valence-electron chi connectivity index (χ4n) is 13.0. The van der Waals surface area contributed by atoms with Crippen molar-refractivity contribution in [1.29, 1.82) is 0 Å². The smallest absolute Gasteiger partial charge is 0.462 e. The van der Waals surface area contributed by atoms with Gasteiger partial charge in [0.15, 0.2) is 12.2 Å². The topological polar surface area (TPSA) is 237 Å². The maximum Gasteiger partial charge on any atom is 0.472 e. The zero-order chi connectivity index (χ0) is 75.8. The number of phosphoric ester groups is 2. The van der Waals surface area contributed by atoms with Crippen LogP contribution in [0, 0.1) is 17.8 Å². The maximum atomic E-state index is 13.1. The molecular formula is C84H164O17P2. The summed E-state index contributed by atoms with van der Waals surface area (Å²) in [5.74, 6) is 0.227. The van der Waals surface area contributed by atoms with Crippen LogP contribution < -0.4 is 0 Å². The van der Waals surface area contributed by atoms with Crippen LogP contribution in [0.5, 0.6) is 0 Å². The molecule has 0 aromatic rings. The molecule has 103 heavy (non-hydrogen) atoms. The Morgan fingerprint density at radius 3 is 0.660 bits per heavy atom. The Balaban J connectivity index is 5.27. The summed E-state index contributed by atoms with van der Waals surface area (Å²) in [4.78, 5) is 73.2. The number of rotatable bonds is 82. The number of hydrogen-bond acceptors (Lipinski definition) is 15. The highest BCUT2D eigenvalue weighted by Crippen LogP contribution is 2.45. The largest absolute Gasteiger partial charge is 0.472 e. The van der Waals surface area contributed by atoms with Crippen LogP contribution in [0.15, 0.2) is 0 Å². The normalized spacial score (nSPS) is 13.9. The Bertz CT molecular complexity index is 1990. The number of carbonyl (C=O) groups is 4. The minimum absolute atomic E-state index is 0.107. The molecule has 0 spiro atoms. The lowest BCUT2D eigenvalue weighted by atomic mass is 10.0. The SMILES string of the molecule is CCCCCCCCCCCCCCCCCCCC(=O)OC[C@H](COP(=O)(O)OC[C@@H](O)COP(=O)(O)OC[C@@H](COC(=O)CCCCCCCCCCCC(C)C)OC(=O)CCCCCCCCCCCCCCCC(C)C)OC(=O)CCCCCCCCCCCCCCCCCC(C)C. The second-order valence-electron chi connectivity index (χ2n) is 31.6. The average Bonchev–Trinajstić information content (AvgIpc) is 0.907. The van der Waals surface area contributed by atoms with E-state index in [1.54, 1.807) is 0 Å². The zero-order valence-electron chi connectivity index (χ0n) is 67.8. The fraction of sp³-hybridized carbons (Fsp3) is 0.952. The number of phosphoric acid groups is 2. The quantitative estimate of drug-likeness (QED) is 0.0222. The van der Waals surface area contributed by atoms with E-state index in [-0.39, 0.29) is 25.7 Å². The van der Waals surface area contributed by atoms with Crippen LogP contribution in [0.2, 0.25) is 0 Å². The number of esters is 4. The van der Waals surface area contributed by atoms with E-state index < -0.39 is 97.5 Å². The first-order valence-corrected chi connectivity index (χ1v) is 46.3. The van der Waals surface area contributed by atoms with Crippen LogP contribution in [-0.4, -0.2) is 96.7 Å². The Kier molecular flexibility index (Phi) is 72.8. The molecule has 0 fully saturated rings. The van der Waals surface area contributed by atoms with Crippen molar-refractivity contribution >= 4 is 39.5 Å². The van der Waals surface area contributed by atoms with Gasteiger partial charge < -0.3 is 33.8 Å². The van der Waals surface area contributed by atoms with Crippen LogP contribution in [0.25, 0.3) is 0 Å². The van der Waals surface area contributed by atoms with E-state index in [2.05, 4.69) is 48.5 Å². The number of unbranched alkanes of at least 4 members (excludes halogenated alkanes) is 50. The molecule has 2 unspecified atom stereocenters. The summed E-state index contributed by atoms with van der Waals surface area (Å²) in [6.45, 7) is 12.0. The molecule has 612 valence electrons. The van der Waals surface area contributed by atoms with Crippen molar-refractivity contribution in [3.05, 3.63) is 0 Å². The molecule has 0 rings (SSSR count). The molecule has 0 amide bonds. The minimum atomic E-state index is -4.96. The number of carbonyl (C=O) groups excluding carboxylic acids is 4. The molecule has 0 aliphatic rings. The Morgan fingerprint density at radius 2 is 0.447 bits per heavy atom. The number of ether oxygens (including phenoxy) is 4. The van der Waals surface area contributed by atoms with Crippen molar-refractivity contribution in [3.8, 4) is 0 Å². The lowest BCUT2D eigenvalue weighted by molar-refractivity contribution is -0.161. The molecular weight excluding hydrogens is 1340 g/mol. The molecule has 0 aliphatic carbocycles. The summed E-state index contributed by atoms with van der Waals surface area (Å²) in [6, 6.07) is 0. The van der Waals surface area contributed by atoms with Crippen molar-refractivity contribution in [2.24, 2.45) is 17.8 Å². The van der Waals surface area contributed by atoms with Crippen molar-refractivity contribution < 1.29 is 80.2 Å². The highest BCUT2D eigenvalue weighted by Gasteiger charge is 2.30. The highest BCUT2D eigenvalue weighted by atomic mass is 31.2. The predicted molar refractivity (Wildman–Crippen MR) is 423 cm³/mol. The molecule has 0 radical (unpaired) electrons. The van der Waals surface area contributed by atoms with E-state index in [0.29, 0.717) is 25.7 Å². The van der Waals surface area contributed by atoms with Gasteiger partial charge in [0.1, 0.15) is 19.3 Å². The van der Waals surface area contributed by atoms with E-state index >= 15 is 0 Å². The van der Waals surface area contributed by atoms with E-state index in [9.17, 15) is 43.2 Å². The zero-order valence-corrected chi connectivity index (χ0v) is 69.6. The number of aliphatic hydroxyl groups is 1. The van der Waals surface area contributed by atoms with E-state index in [4.69, 9.17) is 37.0 Å². The molecule has 0 aromatic heterocycles. The van der Waals surface area contributed by atoms with Crippen molar-refractivity contribution in [2.45, 2.75) is 458 Å². The molecule has 3 N–H and O–H groups in total. The van der Waals surface area contributed by atoms with Gasteiger partial charge in [0.2, 0.25) is 0 Å². The summed E-state index contributed by atoms with van der Waals surface area (Å²) >= 11 is 0. The van der Waals surface area contributed by atoms with Gasteiger partial charge in [-0.3, -0.25) is 37.3 Å². The molecule has 5 atom stereocenters. The first kappa shape index (κ1) is 101. The van der Waals surface area contributed by atoms with Crippen molar-refractivity contribution in [1.82, 2.24) is 0 Å². The first-order chi connectivity index (χ1) is 49.7. The lowest BCUT2D eigenvalue weighted by Crippen LogP contribution is -2.30. The van der Waals surface area contributed by atoms with E-state index in [0.717, 1.165) is 108 Å². The second kappa shape index (κ2) is 74.2. The van der Waals surface area contributed by atoms with Gasteiger partial charge in [0.05, 0.1) is 26.4 Å². The lowest BCUT2D eigenvalue weighted by Gasteiger charge is -2.21. The third kappa shape index (κ3) is 78.0. The predicted octanol–water partition coefficient (Wildman–Crippen LogP) is 25.3. The maximum absolute atomic E-state index is 13.1. The summed E-state index contributed by atoms with van der Waals surface area (Å²) in [5, 5.41) is 10.7. The van der Waals surface area contributed by atoms with E-state index in [1.165, 1.54) is 250 Å². The minimum Gasteiger partial charge on any atom is -0.462 e. The molecule has 0 aromatic carbocycles. The summed E-state index contributed by atoms with van der Waals surface area (Å²) in [5.41, 5.74) is 0. The Morgan fingerprint density at radius 1 is 0.262 bits per heavy atom. The van der Waals surface area contributed by atoms with Crippen LogP contribution in [-0.2, 0) is 65.4 Å². The van der Waals surface area contributed by atoms with Crippen LogP contribution in [0.3, 0.4) is 0 Å². The van der Waals surface area contributed by atoms with E-state index in [1.807, 2.05) is 0 Å². The van der Waals surface area contributed by atoms with Gasteiger partial charge in [0.25, 0.3) is 0 Å². The summed E-state index contributed by atoms with van der Waals surface area (Å²) < 4.78 is 68.9. The number of hydrogen-bond donors (Lipinski definition) is 3. The Hall–Kier alpha value is -1.94. The van der Waals surface area contributed by atoms with Crippen molar-refractivity contribution in [2.75, 3.05) is 39.6 Å². The van der Waals surface area contributed by atoms with Gasteiger partial charge in [-0.15, -0.1) is 0 Å². The molecule has 0 saturated carbocycles. The average molecular weight is 1510 g/mol. The van der Waals surface area contributed by atoms with Gasteiger partial charge in [-0.2, -0.15) is 0 Å². The standard InChI is InChI=1S/C84H164O17P2/c1-8-9-10-11-12-13-14-15-16-17-20-25-30-37-44-51-58-65-81(86)94-71-79(100-83(88)67-60-53-46-38-31-26-21-18-19-23-28-34-41-48-55-62-75(2)3)73-98-102(90,91)96-69-78(85)70-97-103(92,93)99-74-80(72-95-82(87)66-59-52-45-40-33-36-43-50-57-64-77(6)7)101-84(89)68-61-54-47-39-32-27-22-24-29-35-42-49-56-63-76(4)5/h75-80,85H,8-74H2,1-7H3,(H,90,91)(H,92,93)/t78-,79-,80-/m1/s1. The van der Waals surface area contributed by atoms with Crippen molar-refractivity contribution in [3.63, 3.8) is 0 Å². The van der Waals surface area contributed by atoms with Crippen LogP contribution in [0.4, 0.5) is 0 Å². The van der Waals surface area contributed by atoms with Crippen LogP contribution >= 0.6 is 15.6 Å². The fourth-order valence-corrected chi connectivity index (χ4v) is 14.6. The molecule has 17 nitrogen and oxygen atoms in total. The second-order valence-corrected chi connectivity index (χ2v) is 34.6. The summed E-state index contributed by atoms with van der Waals surface area (Å²) in [6.07, 6.45) is 63.8. The third-order valence-corrected chi connectivity index (χ3v) is 21.5. The van der Waals surface area contributed by atoms with Gasteiger partial charge in [-0.25, -0.2) is 9.13 Å². The molecule has 0 bridgehead atoms. The molecule has 0 aliphatic heterocycles. The molecule has 0 saturated heterocycles. The molecule has 19 heteroatoms. The van der Waals surface area contributed by atoms with Crippen LogP contribution in [0.1, 0.15) is 440 Å². The Labute approximate surface area is 632 Å². The first-order valence-electron chi connectivity index (χ1n) is 43.3. The third-order valence-electron chi connectivity index (χ3n) is 19.6. The monoisotopic (exact) mass is 1510 g/mol. The van der Waals surface area contributed by atoms with Gasteiger partial charge in [-0.05, 0) is 43.4 Å².